The van der Waals surface area contributed by atoms with Crippen LogP contribution in [0.15, 0.2) is 12.2 Å². The van der Waals surface area contributed by atoms with Gasteiger partial charge >= 0.3 is 7.12 Å². The van der Waals surface area contributed by atoms with E-state index in [9.17, 15) is 10.2 Å². The molecule has 0 aromatic heterocycles. The number of ether oxygens (including phenoxy) is 1. The molecule has 0 bridgehead atoms. The summed E-state index contributed by atoms with van der Waals surface area (Å²) in [5.74, 6) is 0. The Morgan fingerprint density at radius 2 is 1.65 bits per heavy atom. The maximum absolute atomic E-state index is 9.69. The Labute approximate surface area is 117 Å². The Kier molecular flexibility index (Phi) is 5.02. The quantitative estimate of drug-likeness (QED) is 0.254. The molecule has 114 valence electrons. The van der Waals surface area contributed by atoms with Gasteiger partial charge in [0, 0.05) is 5.60 Å². The molecule has 2 saturated heterocycles. The second-order valence-corrected chi connectivity index (χ2v) is 4.96. The van der Waals surface area contributed by atoms with Gasteiger partial charge in [-0.3, -0.25) is 0 Å². The Balaban J connectivity index is 1.97. The third kappa shape index (κ3) is 3.31. The number of aliphatic hydroxyl groups is 4. The monoisotopic (exact) mass is 289 g/mol. The summed E-state index contributed by atoms with van der Waals surface area (Å²) in [6.45, 7) is 4.56. The molecule has 2 aliphatic rings. The van der Waals surface area contributed by atoms with Crippen LogP contribution in [0.1, 0.15) is 6.92 Å². The summed E-state index contributed by atoms with van der Waals surface area (Å²) < 4.78 is 16.1. The predicted molar refractivity (Wildman–Crippen MR) is 68.3 cm³/mol. The Hall–Kier alpha value is -0.675. The van der Waals surface area contributed by atoms with Gasteiger partial charge in [0.25, 0.3) is 0 Å². The van der Waals surface area contributed by atoms with Gasteiger partial charge in [-0.05, 0) is 6.92 Å². The molecule has 0 radical (unpaired) electrons. The van der Waals surface area contributed by atoms with Crippen LogP contribution in [0.2, 0.25) is 0 Å². The van der Waals surface area contributed by atoms with Crippen molar-refractivity contribution in [3.05, 3.63) is 12.2 Å². The van der Waals surface area contributed by atoms with Gasteiger partial charge in [-0.2, -0.15) is 0 Å². The van der Waals surface area contributed by atoms with Crippen LogP contribution in [0.3, 0.4) is 0 Å². The van der Waals surface area contributed by atoms with Crippen molar-refractivity contribution in [1.29, 1.82) is 0 Å². The lowest BCUT2D eigenvalue weighted by Gasteiger charge is -2.24. The van der Waals surface area contributed by atoms with Crippen molar-refractivity contribution in [2.75, 3.05) is 13.2 Å². The third-order valence-corrected chi connectivity index (χ3v) is 3.34. The van der Waals surface area contributed by atoms with Crippen molar-refractivity contribution in [2.45, 2.75) is 43.7 Å². The van der Waals surface area contributed by atoms with Gasteiger partial charge in [0.1, 0.15) is 18.3 Å². The maximum atomic E-state index is 9.69. The standard InChI is InChI=1S/C11H20BNO7/c1-5-11(18-5)13-6(2)12-19-9(7(16)3-14)10(20-12)8(17)4-15/h5,7-11,13-17H,2-4H2,1H3. The second-order valence-electron chi connectivity index (χ2n) is 4.96. The van der Waals surface area contributed by atoms with Crippen LogP contribution < -0.4 is 5.32 Å². The number of nitrogens with one attached hydrogen (secondary N) is 1. The number of rotatable bonds is 7. The Morgan fingerprint density at radius 3 is 2.00 bits per heavy atom. The molecule has 2 heterocycles. The first-order valence-electron chi connectivity index (χ1n) is 6.47. The van der Waals surface area contributed by atoms with Gasteiger partial charge in [0.2, 0.25) is 0 Å². The molecule has 5 N–H and O–H groups in total. The largest absolute Gasteiger partial charge is 0.510 e. The van der Waals surface area contributed by atoms with Crippen LogP contribution in [0, 0.1) is 0 Å². The lowest BCUT2D eigenvalue weighted by atomic mass is 9.85. The topological polar surface area (TPSA) is 124 Å². The zero-order valence-corrected chi connectivity index (χ0v) is 11.2. The molecule has 20 heavy (non-hydrogen) atoms. The minimum atomic E-state index is -1.23. The van der Waals surface area contributed by atoms with E-state index in [1.54, 1.807) is 0 Å². The van der Waals surface area contributed by atoms with E-state index in [1.165, 1.54) is 0 Å². The van der Waals surface area contributed by atoms with E-state index in [0.717, 1.165) is 0 Å². The highest BCUT2D eigenvalue weighted by Crippen LogP contribution is 2.26. The molecule has 6 unspecified atom stereocenters. The highest BCUT2D eigenvalue weighted by Gasteiger charge is 2.48. The molecule has 9 heteroatoms. The Morgan fingerprint density at radius 1 is 1.20 bits per heavy atom. The van der Waals surface area contributed by atoms with E-state index >= 15 is 0 Å². The van der Waals surface area contributed by atoms with E-state index in [4.69, 9.17) is 24.3 Å². The summed E-state index contributed by atoms with van der Waals surface area (Å²) in [6, 6.07) is 0. The molecule has 0 amide bonds. The number of hydrogen-bond donors (Lipinski definition) is 5. The van der Waals surface area contributed by atoms with E-state index in [0.29, 0.717) is 5.60 Å². The normalized spacial score (nSPS) is 35.8. The first-order valence-corrected chi connectivity index (χ1v) is 6.47. The first kappa shape index (κ1) is 15.7. The van der Waals surface area contributed by atoms with Crippen LogP contribution in [0.5, 0.6) is 0 Å². The summed E-state index contributed by atoms with van der Waals surface area (Å²) in [5, 5.41) is 40.3. The minimum absolute atomic E-state index is 0.0748. The Bertz CT molecular complexity index is 340. The number of aliphatic hydroxyl groups excluding tert-OH is 4. The second kappa shape index (κ2) is 6.40. The van der Waals surface area contributed by atoms with Crippen molar-refractivity contribution < 1.29 is 34.5 Å². The molecule has 2 fully saturated rings. The minimum Gasteiger partial charge on any atom is -0.398 e. The van der Waals surface area contributed by atoms with E-state index in [2.05, 4.69) is 11.9 Å². The molecule has 0 aliphatic carbocycles. The van der Waals surface area contributed by atoms with Crippen LogP contribution in [-0.4, -0.2) is 77.5 Å². The zero-order valence-electron chi connectivity index (χ0n) is 11.2. The van der Waals surface area contributed by atoms with Crippen LogP contribution in [0.25, 0.3) is 0 Å². The summed E-state index contributed by atoms with van der Waals surface area (Å²) in [6.07, 6.45) is -4.44. The lowest BCUT2D eigenvalue weighted by molar-refractivity contribution is -0.0640. The van der Waals surface area contributed by atoms with Crippen molar-refractivity contribution in [3.8, 4) is 0 Å². The van der Waals surface area contributed by atoms with Gasteiger partial charge in [-0.1, -0.05) is 6.58 Å². The molecule has 8 nitrogen and oxygen atoms in total. The molecule has 0 aromatic carbocycles. The average Bonchev–Trinajstić information content (AvgIpc) is 2.95. The zero-order chi connectivity index (χ0) is 14.9. The molecule has 0 aromatic rings. The number of hydrogen-bond acceptors (Lipinski definition) is 8. The molecule has 2 rings (SSSR count). The van der Waals surface area contributed by atoms with E-state index < -0.39 is 44.7 Å². The molecule has 0 spiro atoms. The summed E-state index contributed by atoms with van der Waals surface area (Å²) in [4.78, 5) is 0. The predicted octanol–water partition coefficient (Wildman–Crippen LogP) is -2.65. The first-order chi connectivity index (χ1) is 9.47. The third-order valence-electron chi connectivity index (χ3n) is 3.34. The van der Waals surface area contributed by atoms with Crippen LogP contribution >= 0.6 is 0 Å². The van der Waals surface area contributed by atoms with E-state index in [1.807, 2.05) is 6.92 Å². The fourth-order valence-electron chi connectivity index (χ4n) is 2.05. The molecular formula is C11H20BNO7. The van der Waals surface area contributed by atoms with Crippen molar-refractivity contribution >= 4 is 7.12 Å². The lowest BCUT2D eigenvalue weighted by Crippen LogP contribution is -2.45. The summed E-state index contributed by atoms with van der Waals surface area (Å²) >= 11 is 0. The SMILES string of the molecule is C=C(NC1OC1C)B1OC(C(O)CO)C(C(O)CO)O1. The van der Waals surface area contributed by atoms with Gasteiger partial charge in [-0.15, -0.1) is 0 Å². The van der Waals surface area contributed by atoms with Gasteiger partial charge in [0.15, 0.2) is 6.23 Å². The summed E-state index contributed by atoms with van der Waals surface area (Å²) in [7, 11) is -0.899. The maximum Gasteiger partial charge on any atom is 0.510 e. The highest BCUT2D eigenvalue weighted by molar-refractivity contribution is 6.54. The summed E-state index contributed by atoms with van der Waals surface area (Å²) in [5.41, 5.74) is 0.391. The van der Waals surface area contributed by atoms with Crippen molar-refractivity contribution in [3.63, 3.8) is 0 Å². The number of epoxide rings is 1. The van der Waals surface area contributed by atoms with Crippen LogP contribution in [0.4, 0.5) is 0 Å². The van der Waals surface area contributed by atoms with Gasteiger partial charge in [0.05, 0.1) is 25.4 Å². The van der Waals surface area contributed by atoms with Gasteiger partial charge in [-0.25, -0.2) is 0 Å². The fourth-order valence-corrected chi connectivity index (χ4v) is 2.05. The smallest absolute Gasteiger partial charge is 0.398 e. The molecule has 0 saturated carbocycles. The van der Waals surface area contributed by atoms with E-state index in [-0.39, 0.29) is 12.3 Å². The molecule has 2 aliphatic heterocycles. The fraction of sp³-hybridized carbons (Fsp3) is 0.818. The average molecular weight is 289 g/mol. The van der Waals surface area contributed by atoms with Gasteiger partial charge < -0.3 is 39.8 Å². The molecule has 6 atom stereocenters. The molecular weight excluding hydrogens is 269 g/mol. The van der Waals surface area contributed by atoms with Crippen LogP contribution in [-0.2, 0) is 14.0 Å². The van der Waals surface area contributed by atoms with Crippen molar-refractivity contribution in [1.82, 2.24) is 5.32 Å². The highest BCUT2D eigenvalue weighted by atomic mass is 16.7. The van der Waals surface area contributed by atoms with Crippen molar-refractivity contribution in [2.24, 2.45) is 0 Å².